The molecule has 1 aliphatic heterocycles. The van der Waals surface area contributed by atoms with E-state index in [9.17, 15) is 4.79 Å². The van der Waals surface area contributed by atoms with Gasteiger partial charge in [0.2, 0.25) is 0 Å². The van der Waals surface area contributed by atoms with Gasteiger partial charge in [0.05, 0.1) is 7.11 Å². The minimum absolute atomic E-state index is 0.0158. The lowest BCUT2D eigenvalue weighted by Crippen LogP contribution is -2.26. The first-order valence-electron chi connectivity index (χ1n) is 6.93. The van der Waals surface area contributed by atoms with E-state index in [0.29, 0.717) is 5.56 Å². The number of nitrogens with zero attached hydrogens (tertiary/aromatic N) is 1. The summed E-state index contributed by atoms with van der Waals surface area (Å²) < 4.78 is 5.20. The highest BCUT2D eigenvalue weighted by Gasteiger charge is 2.17. The van der Waals surface area contributed by atoms with Crippen LogP contribution in [0.4, 0.5) is 5.69 Å². The topological polar surface area (TPSA) is 41.6 Å². The van der Waals surface area contributed by atoms with Crippen molar-refractivity contribution in [2.45, 2.75) is 13.1 Å². The Morgan fingerprint density at radius 1 is 1.14 bits per heavy atom. The molecule has 21 heavy (non-hydrogen) atoms. The van der Waals surface area contributed by atoms with E-state index in [4.69, 9.17) is 4.74 Å². The number of hydrogen-bond donors (Lipinski definition) is 1. The van der Waals surface area contributed by atoms with E-state index in [1.54, 1.807) is 19.1 Å². The van der Waals surface area contributed by atoms with E-state index in [1.807, 2.05) is 42.5 Å². The third-order valence-electron chi connectivity index (χ3n) is 3.83. The molecule has 2 aromatic carbocycles. The van der Waals surface area contributed by atoms with E-state index in [0.717, 1.165) is 24.5 Å². The highest BCUT2D eigenvalue weighted by atomic mass is 16.5. The van der Waals surface area contributed by atoms with Gasteiger partial charge in [-0.3, -0.25) is 4.79 Å². The fourth-order valence-electron chi connectivity index (χ4n) is 2.56. The molecule has 0 saturated carbocycles. The van der Waals surface area contributed by atoms with Crippen molar-refractivity contribution in [3.8, 4) is 5.75 Å². The quantitative estimate of drug-likeness (QED) is 0.940. The zero-order valence-corrected chi connectivity index (χ0v) is 12.2. The summed E-state index contributed by atoms with van der Waals surface area (Å²) in [5.41, 5.74) is 4.01. The Morgan fingerprint density at radius 2 is 1.95 bits per heavy atom. The minimum atomic E-state index is -0.0158. The van der Waals surface area contributed by atoms with Crippen molar-refractivity contribution >= 4 is 11.6 Å². The highest BCUT2D eigenvalue weighted by Crippen LogP contribution is 2.23. The molecule has 0 spiro atoms. The van der Waals surface area contributed by atoms with Gasteiger partial charge in [-0.2, -0.15) is 0 Å². The van der Waals surface area contributed by atoms with Crippen molar-refractivity contribution < 1.29 is 9.53 Å². The van der Waals surface area contributed by atoms with Crippen LogP contribution >= 0.6 is 0 Å². The van der Waals surface area contributed by atoms with Crippen molar-refractivity contribution in [2.75, 3.05) is 19.1 Å². The Kier molecular flexibility index (Phi) is 3.62. The number of nitrogens with one attached hydrogen (secondary N) is 1. The maximum absolute atomic E-state index is 12.6. The first kappa shape index (κ1) is 13.6. The van der Waals surface area contributed by atoms with E-state index >= 15 is 0 Å². The van der Waals surface area contributed by atoms with E-state index < -0.39 is 0 Å². The molecule has 0 radical (unpaired) electrons. The molecule has 0 aromatic heterocycles. The van der Waals surface area contributed by atoms with Crippen molar-refractivity contribution in [3.63, 3.8) is 0 Å². The Bertz CT molecular complexity index is 682. The van der Waals surface area contributed by atoms with Gasteiger partial charge in [-0.15, -0.1) is 0 Å². The predicted molar refractivity (Wildman–Crippen MR) is 82.7 cm³/mol. The summed E-state index contributed by atoms with van der Waals surface area (Å²) in [6.07, 6.45) is 0. The van der Waals surface area contributed by atoms with Crippen LogP contribution in [0.2, 0.25) is 0 Å². The van der Waals surface area contributed by atoms with Gasteiger partial charge in [0.25, 0.3) is 5.91 Å². The Hall–Kier alpha value is -2.33. The number of methoxy groups -OCH3 is 1. The Labute approximate surface area is 124 Å². The third kappa shape index (κ3) is 2.62. The number of fused-ring (bicyclic) bond motifs is 1. The second-order valence-corrected chi connectivity index (χ2v) is 5.15. The van der Waals surface area contributed by atoms with Crippen molar-refractivity contribution in [2.24, 2.45) is 0 Å². The third-order valence-corrected chi connectivity index (χ3v) is 3.83. The average Bonchev–Trinajstić information content (AvgIpc) is 3.01. The standard InChI is InChI=1S/C17H18N2O2/c1-19(15-4-3-5-16(9-15)21-2)17(20)12-6-7-13-10-18-11-14(13)8-12/h3-9,18H,10-11H2,1-2H3. The fourth-order valence-corrected chi connectivity index (χ4v) is 2.56. The minimum Gasteiger partial charge on any atom is -0.497 e. The lowest BCUT2D eigenvalue weighted by atomic mass is 10.1. The normalized spacial score (nSPS) is 12.9. The van der Waals surface area contributed by atoms with Crippen molar-refractivity contribution in [1.82, 2.24) is 5.32 Å². The number of ether oxygens (including phenoxy) is 1. The molecule has 1 amide bonds. The number of benzene rings is 2. The summed E-state index contributed by atoms with van der Waals surface area (Å²) in [4.78, 5) is 14.3. The maximum Gasteiger partial charge on any atom is 0.258 e. The molecule has 108 valence electrons. The molecule has 1 aliphatic rings. The van der Waals surface area contributed by atoms with Crippen LogP contribution in [-0.4, -0.2) is 20.1 Å². The van der Waals surface area contributed by atoms with E-state index in [-0.39, 0.29) is 5.91 Å². The lowest BCUT2D eigenvalue weighted by Gasteiger charge is -2.18. The van der Waals surface area contributed by atoms with Crippen LogP contribution in [0.25, 0.3) is 0 Å². The van der Waals surface area contributed by atoms with E-state index in [1.165, 1.54) is 11.1 Å². The van der Waals surface area contributed by atoms with Crippen LogP contribution in [0.15, 0.2) is 42.5 Å². The van der Waals surface area contributed by atoms with Crippen molar-refractivity contribution in [1.29, 1.82) is 0 Å². The van der Waals surface area contributed by atoms with E-state index in [2.05, 4.69) is 5.32 Å². The van der Waals surface area contributed by atoms with Gasteiger partial charge < -0.3 is 15.0 Å². The van der Waals surface area contributed by atoms with Crippen LogP contribution in [0, 0.1) is 0 Å². The molecule has 1 N–H and O–H groups in total. The number of amides is 1. The van der Waals surface area contributed by atoms with Crippen LogP contribution < -0.4 is 15.0 Å². The number of rotatable bonds is 3. The van der Waals surface area contributed by atoms with Gasteiger partial charge in [0, 0.05) is 37.5 Å². The second kappa shape index (κ2) is 5.58. The molecule has 1 heterocycles. The summed E-state index contributed by atoms with van der Waals surface area (Å²) >= 11 is 0. The fraction of sp³-hybridized carbons (Fsp3) is 0.235. The lowest BCUT2D eigenvalue weighted by molar-refractivity contribution is 0.0993. The molecular formula is C17H18N2O2. The zero-order valence-electron chi connectivity index (χ0n) is 12.2. The first-order valence-corrected chi connectivity index (χ1v) is 6.93. The van der Waals surface area contributed by atoms with Crippen LogP contribution in [-0.2, 0) is 13.1 Å². The molecule has 0 saturated heterocycles. The SMILES string of the molecule is COc1cccc(N(C)C(=O)c2ccc3c(c2)CNC3)c1. The molecule has 2 aromatic rings. The van der Waals surface area contributed by atoms with Crippen LogP contribution in [0.3, 0.4) is 0 Å². The number of carbonyl (C=O) groups is 1. The summed E-state index contributed by atoms with van der Waals surface area (Å²) in [5.74, 6) is 0.725. The summed E-state index contributed by atoms with van der Waals surface area (Å²) in [6.45, 7) is 1.72. The first-order chi connectivity index (χ1) is 10.2. The van der Waals surface area contributed by atoms with Crippen molar-refractivity contribution in [3.05, 3.63) is 59.2 Å². The van der Waals surface area contributed by atoms with Gasteiger partial charge in [-0.05, 0) is 35.4 Å². The van der Waals surface area contributed by atoms with Crippen LogP contribution in [0.5, 0.6) is 5.75 Å². The second-order valence-electron chi connectivity index (χ2n) is 5.15. The van der Waals surface area contributed by atoms with Gasteiger partial charge in [0.15, 0.2) is 0 Å². The molecular weight excluding hydrogens is 264 g/mol. The number of carbonyl (C=O) groups excluding carboxylic acids is 1. The molecule has 0 atom stereocenters. The monoisotopic (exact) mass is 282 g/mol. The molecule has 4 nitrogen and oxygen atoms in total. The molecule has 0 bridgehead atoms. The largest absolute Gasteiger partial charge is 0.497 e. The van der Waals surface area contributed by atoms with Gasteiger partial charge >= 0.3 is 0 Å². The van der Waals surface area contributed by atoms with Gasteiger partial charge in [-0.1, -0.05) is 12.1 Å². The Morgan fingerprint density at radius 3 is 2.76 bits per heavy atom. The smallest absolute Gasteiger partial charge is 0.258 e. The highest BCUT2D eigenvalue weighted by molar-refractivity contribution is 6.06. The predicted octanol–water partition coefficient (Wildman–Crippen LogP) is 2.58. The average molecular weight is 282 g/mol. The van der Waals surface area contributed by atoms with Gasteiger partial charge in [0.1, 0.15) is 5.75 Å². The number of anilines is 1. The summed E-state index contributed by atoms with van der Waals surface area (Å²) in [7, 11) is 3.40. The number of hydrogen-bond acceptors (Lipinski definition) is 3. The Balaban J connectivity index is 1.87. The molecule has 0 fully saturated rings. The zero-order chi connectivity index (χ0) is 14.8. The molecule has 4 heteroatoms. The summed E-state index contributed by atoms with van der Waals surface area (Å²) in [5, 5.41) is 3.29. The molecule has 3 rings (SSSR count). The van der Waals surface area contributed by atoms with Gasteiger partial charge in [-0.25, -0.2) is 0 Å². The molecule has 0 unspecified atom stereocenters. The summed E-state index contributed by atoms with van der Waals surface area (Å²) in [6, 6.07) is 13.4. The van der Waals surface area contributed by atoms with Crippen LogP contribution in [0.1, 0.15) is 21.5 Å². The molecule has 0 aliphatic carbocycles. The maximum atomic E-state index is 12.6.